The summed E-state index contributed by atoms with van der Waals surface area (Å²) >= 11 is 0. The third-order valence-corrected chi connectivity index (χ3v) is 5.66. The summed E-state index contributed by atoms with van der Waals surface area (Å²) in [4.78, 5) is 30.6. The zero-order chi connectivity index (χ0) is 23.1. The summed E-state index contributed by atoms with van der Waals surface area (Å²) in [6.07, 6.45) is 6.62. The molecular weight excluding hydrogens is 406 g/mol. The summed E-state index contributed by atoms with van der Waals surface area (Å²) in [7, 11) is 1.59. The van der Waals surface area contributed by atoms with Crippen molar-refractivity contribution >= 4 is 16.9 Å². The first-order valence-electron chi connectivity index (χ1n) is 11.2. The van der Waals surface area contributed by atoms with Crippen LogP contribution in [0.1, 0.15) is 61.9 Å². The van der Waals surface area contributed by atoms with Crippen molar-refractivity contribution in [3.8, 4) is 11.5 Å². The van der Waals surface area contributed by atoms with Crippen molar-refractivity contribution in [2.75, 3.05) is 7.11 Å². The van der Waals surface area contributed by atoms with Crippen molar-refractivity contribution in [2.24, 2.45) is 0 Å². The zero-order valence-electron chi connectivity index (χ0n) is 18.9. The van der Waals surface area contributed by atoms with Crippen LogP contribution < -0.4 is 15.6 Å². The number of pyridine rings is 2. The average Bonchev–Trinajstić information content (AvgIpc) is 2.84. The Hall–Kier alpha value is -3.35. The smallest absolute Gasteiger partial charge is 0.269 e. The van der Waals surface area contributed by atoms with E-state index in [0.29, 0.717) is 16.8 Å². The van der Waals surface area contributed by atoms with Crippen LogP contribution in [-0.2, 0) is 6.54 Å². The number of benzene rings is 1. The van der Waals surface area contributed by atoms with Gasteiger partial charge in [-0.1, -0.05) is 45.2 Å². The lowest BCUT2D eigenvalue weighted by molar-refractivity contribution is 0.0923. The highest BCUT2D eigenvalue weighted by Crippen LogP contribution is 2.26. The van der Waals surface area contributed by atoms with E-state index in [-0.39, 0.29) is 23.9 Å². The number of rotatable bonds is 5. The number of ether oxygens (including phenoxy) is 1. The van der Waals surface area contributed by atoms with Crippen LogP contribution in [0.5, 0.6) is 11.5 Å². The molecular formula is C25H31N3O4. The largest absolute Gasteiger partial charge is 0.506 e. The van der Waals surface area contributed by atoms with E-state index in [1.165, 1.54) is 4.57 Å². The van der Waals surface area contributed by atoms with E-state index in [9.17, 15) is 14.7 Å². The minimum atomic E-state index is -0.553. The van der Waals surface area contributed by atoms with Crippen LogP contribution in [0.2, 0.25) is 0 Å². The summed E-state index contributed by atoms with van der Waals surface area (Å²) in [6.45, 7) is 4.22. The molecule has 4 rings (SSSR count). The van der Waals surface area contributed by atoms with Crippen molar-refractivity contribution in [1.29, 1.82) is 0 Å². The van der Waals surface area contributed by atoms with Crippen LogP contribution >= 0.6 is 0 Å². The minimum absolute atomic E-state index is 0.0321. The van der Waals surface area contributed by atoms with E-state index in [1.807, 2.05) is 38.1 Å². The first-order chi connectivity index (χ1) is 15.6. The Balaban J connectivity index is 0.00000141. The highest BCUT2D eigenvalue weighted by atomic mass is 16.5. The molecule has 2 heterocycles. The van der Waals surface area contributed by atoms with Gasteiger partial charge in [0.15, 0.2) is 0 Å². The first-order valence-corrected chi connectivity index (χ1v) is 11.2. The predicted molar refractivity (Wildman–Crippen MR) is 125 cm³/mol. The Labute approximate surface area is 188 Å². The molecule has 170 valence electrons. The molecule has 1 aromatic carbocycles. The molecule has 0 saturated heterocycles. The molecule has 0 spiro atoms. The van der Waals surface area contributed by atoms with E-state index in [1.54, 1.807) is 25.4 Å². The standard InChI is InChI=1S/C23H25N3O4.C2H6/c1-30-17-11-9-15(10-12-17)14-26-21-18(8-5-13-24-21)20(27)19(23(26)29)22(28)25-16-6-3-2-4-7-16;1-2/h5,8-13,16,27H,2-4,6-7,14H2,1H3,(H,25,28);1-2H3. The second kappa shape index (κ2) is 10.8. The van der Waals surface area contributed by atoms with Crippen LogP contribution in [0.4, 0.5) is 0 Å². The van der Waals surface area contributed by atoms with Crippen molar-refractivity contribution in [1.82, 2.24) is 14.9 Å². The van der Waals surface area contributed by atoms with Crippen LogP contribution in [0, 0.1) is 0 Å². The van der Waals surface area contributed by atoms with E-state index in [2.05, 4.69) is 10.3 Å². The number of hydrogen-bond donors (Lipinski definition) is 2. The van der Waals surface area contributed by atoms with E-state index in [0.717, 1.165) is 37.7 Å². The molecule has 1 fully saturated rings. The summed E-state index contributed by atoms with van der Waals surface area (Å²) in [6, 6.07) is 10.7. The predicted octanol–water partition coefficient (Wildman–Crippen LogP) is 4.25. The fourth-order valence-electron chi connectivity index (χ4n) is 4.03. The molecule has 0 aliphatic heterocycles. The molecule has 3 aromatic rings. The van der Waals surface area contributed by atoms with Crippen LogP contribution in [0.15, 0.2) is 47.4 Å². The van der Waals surface area contributed by atoms with Gasteiger partial charge in [0.05, 0.1) is 19.0 Å². The number of nitrogens with zero attached hydrogens (tertiary/aromatic N) is 2. The minimum Gasteiger partial charge on any atom is -0.506 e. The van der Waals surface area contributed by atoms with Crippen molar-refractivity contribution in [3.63, 3.8) is 0 Å². The summed E-state index contributed by atoms with van der Waals surface area (Å²) < 4.78 is 6.62. The van der Waals surface area contributed by atoms with Gasteiger partial charge in [-0.3, -0.25) is 14.2 Å². The molecule has 1 amide bonds. The van der Waals surface area contributed by atoms with Gasteiger partial charge >= 0.3 is 0 Å². The number of aromatic hydroxyl groups is 1. The maximum atomic E-state index is 13.3. The lowest BCUT2D eigenvalue weighted by Gasteiger charge is -2.23. The molecule has 0 radical (unpaired) electrons. The molecule has 2 aromatic heterocycles. The van der Waals surface area contributed by atoms with Gasteiger partial charge in [0, 0.05) is 12.2 Å². The number of nitrogens with one attached hydrogen (secondary N) is 1. The fourth-order valence-corrected chi connectivity index (χ4v) is 4.03. The lowest BCUT2D eigenvalue weighted by Crippen LogP contribution is -2.40. The zero-order valence-corrected chi connectivity index (χ0v) is 18.9. The first kappa shape index (κ1) is 23.3. The van der Waals surface area contributed by atoms with Crippen molar-refractivity contribution < 1.29 is 14.6 Å². The van der Waals surface area contributed by atoms with Crippen LogP contribution in [-0.4, -0.2) is 33.7 Å². The van der Waals surface area contributed by atoms with Gasteiger partial charge in [-0.2, -0.15) is 0 Å². The molecule has 7 heteroatoms. The quantitative estimate of drug-likeness (QED) is 0.622. The number of hydrogen-bond acceptors (Lipinski definition) is 5. The maximum Gasteiger partial charge on any atom is 0.269 e. The monoisotopic (exact) mass is 437 g/mol. The average molecular weight is 438 g/mol. The van der Waals surface area contributed by atoms with E-state index < -0.39 is 11.5 Å². The van der Waals surface area contributed by atoms with Crippen LogP contribution in [0.3, 0.4) is 0 Å². The van der Waals surface area contributed by atoms with Gasteiger partial charge in [-0.25, -0.2) is 4.98 Å². The highest BCUT2D eigenvalue weighted by Gasteiger charge is 2.25. The summed E-state index contributed by atoms with van der Waals surface area (Å²) in [5, 5.41) is 14.1. The molecule has 1 aliphatic rings. The second-order valence-electron chi connectivity index (χ2n) is 7.65. The van der Waals surface area contributed by atoms with E-state index in [4.69, 9.17) is 4.74 Å². The number of carbonyl (C=O) groups is 1. The Morgan fingerprint density at radius 1 is 1.16 bits per heavy atom. The maximum absolute atomic E-state index is 13.3. The van der Waals surface area contributed by atoms with Gasteiger partial charge in [0.2, 0.25) is 0 Å². The molecule has 2 N–H and O–H groups in total. The topological polar surface area (TPSA) is 93.5 Å². The third kappa shape index (κ3) is 4.93. The summed E-state index contributed by atoms with van der Waals surface area (Å²) in [5.41, 5.74) is 0.414. The second-order valence-corrected chi connectivity index (χ2v) is 7.65. The molecule has 1 aliphatic carbocycles. The highest BCUT2D eigenvalue weighted by molar-refractivity contribution is 6.01. The number of carbonyl (C=O) groups excluding carboxylic acids is 1. The molecule has 0 unspecified atom stereocenters. The van der Waals surface area contributed by atoms with Gasteiger partial charge < -0.3 is 15.2 Å². The lowest BCUT2D eigenvalue weighted by atomic mass is 9.95. The Morgan fingerprint density at radius 2 is 1.84 bits per heavy atom. The molecule has 1 saturated carbocycles. The molecule has 7 nitrogen and oxygen atoms in total. The van der Waals surface area contributed by atoms with E-state index >= 15 is 0 Å². The number of aromatic nitrogens is 2. The Bertz CT molecular complexity index is 1120. The van der Waals surface area contributed by atoms with Gasteiger partial charge in [0.25, 0.3) is 11.5 Å². The van der Waals surface area contributed by atoms with Crippen LogP contribution in [0.25, 0.3) is 11.0 Å². The van der Waals surface area contributed by atoms with Gasteiger partial charge in [-0.15, -0.1) is 0 Å². The Morgan fingerprint density at radius 3 is 2.50 bits per heavy atom. The van der Waals surface area contributed by atoms with Gasteiger partial charge in [-0.05, 0) is 42.7 Å². The van der Waals surface area contributed by atoms with Gasteiger partial charge in [0.1, 0.15) is 22.7 Å². The fraction of sp³-hybridized carbons (Fsp3) is 0.400. The SMILES string of the molecule is CC.COc1ccc(Cn2c(=O)c(C(=O)NC3CCCCC3)c(O)c3cccnc32)cc1. The Kier molecular flexibility index (Phi) is 7.87. The van der Waals surface area contributed by atoms with Crippen molar-refractivity contribution in [3.05, 3.63) is 64.1 Å². The molecule has 0 atom stereocenters. The summed E-state index contributed by atoms with van der Waals surface area (Å²) in [5.74, 6) is -0.131. The number of methoxy groups -OCH3 is 1. The number of amides is 1. The van der Waals surface area contributed by atoms with Crippen molar-refractivity contribution in [2.45, 2.75) is 58.5 Å². The molecule has 0 bridgehead atoms. The normalized spacial score (nSPS) is 13.8. The number of fused-ring (bicyclic) bond motifs is 1. The molecule has 32 heavy (non-hydrogen) atoms. The third-order valence-electron chi connectivity index (χ3n) is 5.66.